The number of benzene rings is 1. The Bertz CT molecular complexity index is 1350. The van der Waals surface area contributed by atoms with E-state index >= 15 is 0 Å². The standard InChI is InChI=1S/C26H28N6O3/c1-31-13-21(11-29-31)18-3-2-4-19(7-18)24-27-9-20(10-28-24)22-12-30-32(14-22)23-5-6-25(15-33)16-35-17-26(25,34)8-23/h2-4,7,9-14,23,33-34H,5-6,8,15-17H2,1H3/t23-,25+,26-/m1/s1. The summed E-state index contributed by atoms with van der Waals surface area (Å²) in [7, 11) is 1.90. The number of aliphatic hydroxyl groups excluding tert-OH is 1. The maximum Gasteiger partial charge on any atom is 0.159 e. The molecular formula is C26H28N6O3. The fraction of sp³-hybridized carbons (Fsp3) is 0.385. The summed E-state index contributed by atoms with van der Waals surface area (Å²) in [5.41, 5.74) is 3.28. The highest BCUT2D eigenvalue weighted by Gasteiger charge is 2.58. The lowest BCUT2D eigenvalue weighted by Gasteiger charge is -2.46. The molecule has 6 rings (SSSR count). The second kappa shape index (κ2) is 8.37. The average Bonchev–Trinajstić information content (AvgIpc) is 3.62. The van der Waals surface area contributed by atoms with Gasteiger partial charge in [-0.1, -0.05) is 18.2 Å². The van der Waals surface area contributed by atoms with Gasteiger partial charge in [0.15, 0.2) is 5.82 Å². The van der Waals surface area contributed by atoms with Crippen LogP contribution in [0.25, 0.3) is 33.6 Å². The fourth-order valence-corrected chi connectivity index (χ4v) is 5.44. The molecule has 9 heteroatoms. The Balaban J connectivity index is 1.20. The number of aliphatic hydroxyl groups is 2. The van der Waals surface area contributed by atoms with E-state index in [0.717, 1.165) is 34.2 Å². The molecule has 1 aromatic carbocycles. The van der Waals surface area contributed by atoms with E-state index in [9.17, 15) is 10.2 Å². The summed E-state index contributed by atoms with van der Waals surface area (Å²) < 4.78 is 9.27. The highest BCUT2D eigenvalue weighted by Crippen LogP contribution is 2.51. The third-order valence-electron chi connectivity index (χ3n) is 7.66. The van der Waals surface area contributed by atoms with Gasteiger partial charge in [0.05, 0.1) is 43.9 Å². The van der Waals surface area contributed by atoms with Crippen LogP contribution in [0.5, 0.6) is 0 Å². The third kappa shape index (κ3) is 3.76. The third-order valence-corrected chi connectivity index (χ3v) is 7.66. The quantitative estimate of drug-likeness (QED) is 0.459. The molecule has 35 heavy (non-hydrogen) atoms. The zero-order valence-electron chi connectivity index (χ0n) is 19.6. The van der Waals surface area contributed by atoms with Crippen molar-refractivity contribution in [2.45, 2.75) is 30.9 Å². The lowest BCUT2D eigenvalue weighted by molar-refractivity contribution is -0.114. The predicted molar refractivity (Wildman–Crippen MR) is 129 cm³/mol. The van der Waals surface area contributed by atoms with Gasteiger partial charge >= 0.3 is 0 Å². The van der Waals surface area contributed by atoms with Crippen molar-refractivity contribution in [1.82, 2.24) is 29.5 Å². The van der Waals surface area contributed by atoms with E-state index in [2.05, 4.69) is 26.2 Å². The normalized spacial score (nSPS) is 26.1. The molecule has 180 valence electrons. The Labute approximate surface area is 203 Å². The largest absolute Gasteiger partial charge is 0.396 e. The molecule has 9 nitrogen and oxygen atoms in total. The summed E-state index contributed by atoms with van der Waals surface area (Å²) in [6.07, 6.45) is 13.3. The van der Waals surface area contributed by atoms with Crippen LogP contribution in [0.3, 0.4) is 0 Å². The highest BCUT2D eigenvalue weighted by molar-refractivity contribution is 5.70. The molecule has 2 aliphatic rings. The Kier molecular flexibility index (Phi) is 5.28. The molecular weight excluding hydrogens is 444 g/mol. The molecule has 0 spiro atoms. The summed E-state index contributed by atoms with van der Waals surface area (Å²) in [5, 5.41) is 30.0. The van der Waals surface area contributed by atoms with Gasteiger partial charge < -0.3 is 14.9 Å². The smallest absolute Gasteiger partial charge is 0.159 e. The van der Waals surface area contributed by atoms with Crippen molar-refractivity contribution >= 4 is 0 Å². The molecule has 3 aromatic heterocycles. The molecule has 2 N–H and O–H groups in total. The van der Waals surface area contributed by atoms with Gasteiger partial charge in [-0.2, -0.15) is 10.2 Å². The number of aryl methyl sites for hydroxylation is 1. The first-order valence-corrected chi connectivity index (χ1v) is 11.9. The Morgan fingerprint density at radius 2 is 1.74 bits per heavy atom. The maximum absolute atomic E-state index is 11.2. The van der Waals surface area contributed by atoms with Crippen molar-refractivity contribution in [3.8, 4) is 33.6 Å². The predicted octanol–water partition coefficient (Wildman–Crippen LogP) is 2.87. The maximum atomic E-state index is 11.2. The molecule has 0 bridgehead atoms. The molecule has 4 aromatic rings. The molecule has 1 aliphatic carbocycles. The summed E-state index contributed by atoms with van der Waals surface area (Å²) in [5.74, 6) is 0.656. The van der Waals surface area contributed by atoms with Crippen molar-refractivity contribution in [1.29, 1.82) is 0 Å². The molecule has 1 saturated carbocycles. The summed E-state index contributed by atoms with van der Waals surface area (Å²) in [6, 6.07) is 8.16. The van der Waals surface area contributed by atoms with Crippen LogP contribution in [0.1, 0.15) is 25.3 Å². The minimum absolute atomic E-state index is 0.0468. The van der Waals surface area contributed by atoms with E-state index in [4.69, 9.17) is 4.74 Å². The van der Waals surface area contributed by atoms with Crippen LogP contribution < -0.4 is 0 Å². The van der Waals surface area contributed by atoms with Crippen LogP contribution in [0.15, 0.2) is 61.4 Å². The highest BCUT2D eigenvalue weighted by atomic mass is 16.5. The van der Waals surface area contributed by atoms with Gasteiger partial charge in [0, 0.05) is 65.9 Å². The van der Waals surface area contributed by atoms with E-state index in [0.29, 0.717) is 25.3 Å². The van der Waals surface area contributed by atoms with E-state index in [1.54, 1.807) is 4.68 Å². The molecule has 0 amide bonds. The van der Waals surface area contributed by atoms with Gasteiger partial charge in [0.25, 0.3) is 0 Å². The molecule has 1 saturated heterocycles. The van der Waals surface area contributed by atoms with E-state index in [1.165, 1.54) is 0 Å². The number of nitrogens with zero attached hydrogens (tertiary/aromatic N) is 6. The number of hydrogen-bond acceptors (Lipinski definition) is 7. The fourth-order valence-electron chi connectivity index (χ4n) is 5.44. The van der Waals surface area contributed by atoms with Crippen LogP contribution in [0.2, 0.25) is 0 Å². The number of rotatable bonds is 5. The van der Waals surface area contributed by atoms with Gasteiger partial charge in [-0.25, -0.2) is 9.97 Å². The van der Waals surface area contributed by atoms with Crippen molar-refractivity contribution in [3.05, 3.63) is 61.4 Å². The lowest BCUT2D eigenvalue weighted by Crippen LogP contribution is -2.54. The van der Waals surface area contributed by atoms with E-state index in [1.807, 2.05) is 67.1 Å². The Hall–Kier alpha value is -3.40. The SMILES string of the molecule is Cn1cc(-c2cccc(-c3ncc(-c4cnn([C@@H]5CC[C@]6(CO)COC[C@]6(O)C5)c4)cn3)c2)cn1. The van der Waals surface area contributed by atoms with E-state index in [-0.39, 0.29) is 19.3 Å². The van der Waals surface area contributed by atoms with Crippen LogP contribution in [-0.2, 0) is 11.8 Å². The summed E-state index contributed by atoms with van der Waals surface area (Å²) in [4.78, 5) is 9.22. The number of fused-ring (bicyclic) bond motifs is 1. The van der Waals surface area contributed by atoms with Crippen LogP contribution >= 0.6 is 0 Å². The minimum Gasteiger partial charge on any atom is -0.396 e. The van der Waals surface area contributed by atoms with Gasteiger partial charge in [-0.3, -0.25) is 9.36 Å². The molecule has 2 fully saturated rings. The van der Waals surface area contributed by atoms with Crippen molar-refractivity contribution in [2.24, 2.45) is 12.5 Å². The van der Waals surface area contributed by atoms with Crippen LogP contribution in [0, 0.1) is 5.41 Å². The van der Waals surface area contributed by atoms with Crippen LogP contribution in [-0.4, -0.2) is 65.2 Å². The van der Waals surface area contributed by atoms with Gasteiger partial charge in [-0.05, 0) is 24.5 Å². The first-order valence-electron chi connectivity index (χ1n) is 11.9. The number of ether oxygens (including phenoxy) is 1. The molecule has 1 aliphatic heterocycles. The molecule has 3 atom stereocenters. The van der Waals surface area contributed by atoms with Gasteiger partial charge in [0.1, 0.15) is 0 Å². The van der Waals surface area contributed by atoms with Gasteiger partial charge in [-0.15, -0.1) is 0 Å². The van der Waals surface area contributed by atoms with Crippen LogP contribution in [0.4, 0.5) is 0 Å². The van der Waals surface area contributed by atoms with Gasteiger partial charge in [0.2, 0.25) is 0 Å². The Morgan fingerprint density at radius 1 is 0.971 bits per heavy atom. The summed E-state index contributed by atoms with van der Waals surface area (Å²) >= 11 is 0. The minimum atomic E-state index is -1.02. The number of aromatic nitrogens is 6. The summed E-state index contributed by atoms with van der Waals surface area (Å²) in [6.45, 7) is 0.608. The first kappa shape index (κ1) is 22.1. The second-order valence-electron chi connectivity index (χ2n) is 9.85. The molecule has 0 unspecified atom stereocenters. The van der Waals surface area contributed by atoms with E-state index < -0.39 is 11.0 Å². The topological polar surface area (TPSA) is 111 Å². The average molecular weight is 473 g/mol. The lowest BCUT2D eigenvalue weighted by atomic mass is 9.64. The Morgan fingerprint density at radius 3 is 2.51 bits per heavy atom. The zero-order valence-corrected chi connectivity index (χ0v) is 19.6. The number of hydrogen-bond donors (Lipinski definition) is 2. The second-order valence-corrected chi connectivity index (χ2v) is 9.85. The first-order chi connectivity index (χ1) is 17.0. The van der Waals surface area contributed by atoms with Crippen molar-refractivity contribution < 1.29 is 14.9 Å². The molecule has 0 radical (unpaired) electrons. The monoisotopic (exact) mass is 472 g/mol. The van der Waals surface area contributed by atoms with Crippen molar-refractivity contribution in [3.63, 3.8) is 0 Å². The molecule has 4 heterocycles. The van der Waals surface area contributed by atoms with Crippen molar-refractivity contribution in [2.75, 3.05) is 19.8 Å². The zero-order chi connectivity index (χ0) is 24.0.